The predicted octanol–water partition coefficient (Wildman–Crippen LogP) is 2.36. The van der Waals surface area contributed by atoms with Gasteiger partial charge in [0, 0.05) is 20.1 Å². The van der Waals surface area contributed by atoms with Crippen molar-refractivity contribution < 1.29 is 4.39 Å². The van der Waals surface area contributed by atoms with Crippen molar-refractivity contribution in [2.45, 2.75) is 20.0 Å². The fourth-order valence-corrected chi connectivity index (χ4v) is 1.88. The molecule has 0 fully saturated rings. The second kappa shape index (κ2) is 6.96. The fourth-order valence-electron chi connectivity index (χ4n) is 1.88. The maximum Gasteiger partial charge on any atom is 0.147 e. The summed E-state index contributed by atoms with van der Waals surface area (Å²) in [4.78, 5) is 10.7. The van der Waals surface area contributed by atoms with E-state index in [1.807, 2.05) is 18.0 Å². The first-order valence-corrected chi connectivity index (χ1v) is 6.66. The van der Waals surface area contributed by atoms with Crippen molar-refractivity contribution in [2.24, 2.45) is 0 Å². The van der Waals surface area contributed by atoms with Gasteiger partial charge in [-0.2, -0.15) is 0 Å². The third-order valence-corrected chi connectivity index (χ3v) is 2.95. The van der Waals surface area contributed by atoms with Gasteiger partial charge in [-0.25, -0.2) is 9.37 Å². The molecule has 106 valence electrons. The summed E-state index contributed by atoms with van der Waals surface area (Å²) < 4.78 is 13.1. The van der Waals surface area contributed by atoms with Gasteiger partial charge in [-0.05, 0) is 24.2 Å². The van der Waals surface area contributed by atoms with Crippen LogP contribution in [0.1, 0.15) is 18.2 Å². The summed E-state index contributed by atoms with van der Waals surface area (Å²) in [6, 6.07) is 6.58. The zero-order valence-electron chi connectivity index (χ0n) is 11.8. The summed E-state index contributed by atoms with van der Waals surface area (Å²) in [6.45, 7) is 4.27. The largest absolute Gasteiger partial charge is 0.354 e. The van der Waals surface area contributed by atoms with E-state index in [1.54, 1.807) is 18.5 Å². The summed E-state index contributed by atoms with van der Waals surface area (Å²) in [5.41, 5.74) is 1.82. The summed E-state index contributed by atoms with van der Waals surface area (Å²) in [5.74, 6) is 0.553. The van der Waals surface area contributed by atoms with Gasteiger partial charge < -0.3 is 10.2 Å². The van der Waals surface area contributed by atoms with Crippen LogP contribution in [0.3, 0.4) is 0 Å². The van der Waals surface area contributed by atoms with Crippen LogP contribution in [0.4, 0.5) is 10.2 Å². The minimum atomic E-state index is -0.219. The molecule has 0 atom stereocenters. The number of nitrogens with zero attached hydrogens (tertiary/aromatic N) is 3. The van der Waals surface area contributed by atoms with Gasteiger partial charge in [0.25, 0.3) is 0 Å². The lowest BCUT2D eigenvalue weighted by Gasteiger charge is -2.18. The monoisotopic (exact) mass is 274 g/mol. The van der Waals surface area contributed by atoms with Crippen molar-refractivity contribution in [3.63, 3.8) is 0 Å². The molecule has 0 aliphatic rings. The van der Waals surface area contributed by atoms with Crippen LogP contribution in [0.15, 0.2) is 36.7 Å². The Kier molecular flexibility index (Phi) is 5.01. The zero-order chi connectivity index (χ0) is 14.4. The van der Waals surface area contributed by atoms with Crippen LogP contribution in [-0.4, -0.2) is 23.6 Å². The number of halogens is 1. The molecule has 0 bridgehead atoms. The Hall–Kier alpha value is -2.01. The lowest BCUT2D eigenvalue weighted by atomic mass is 10.2. The van der Waals surface area contributed by atoms with Gasteiger partial charge in [-0.15, -0.1) is 0 Å². The van der Waals surface area contributed by atoms with Crippen molar-refractivity contribution >= 4 is 5.82 Å². The molecular weight excluding hydrogens is 255 g/mol. The number of aromatic nitrogens is 2. The van der Waals surface area contributed by atoms with Gasteiger partial charge in [0.15, 0.2) is 0 Å². The summed E-state index contributed by atoms with van der Waals surface area (Å²) in [7, 11) is 1.92. The zero-order valence-corrected chi connectivity index (χ0v) is 11.8. The molecule has 4 nitrogen and oxygen atoms in total. The molecule has 0 unspecified atom stereocenters. The topological polar surface area (TPSA) is 41.1 Å². The molecule has 0 saturated carbocycles. The number of nitrogens with one attached hydrogen (secondary N) is 1. The smallest absolute Gasteiger partial charge is 0.147 e. The minimum Gasteiger partial charge on any atom is -0.354 e. The van der Waals surface area contributed by atoms with E-state index in [1.165, 1.54) is 12.1 Å². The van der Waals surface area contributed by atoms with E-state index in [0.717, 1.165) is 30.2 Å². The average Bonchev–Trinajstić information content (AvgIpc) is 2.45. The Balaban J connectivity index is 2.00. The number of hydrogen-bond donors (Lipinski definition) is 1. The maximum absolute atomic E-state index is 13.1. The Morgan fingerprint density at radius 3 is 2.75 bits per heavy atom. The molecule has 1 N–H and O–H groups in total. The van der Waals surface area contributed by atoms with E-state index in [2.05, 4.69) is 22.2 Å². The quantitative estimate of drug-likeness (QED) is 0.878. The highest BCUT2D eigenvalue weighted by molar-refractivity contribution is 5.36. The molecule has 2 aromatic rings. The first-order chi connectivity index (χ1) is 9.69. The van der Waals surface area contributed by atoms with Crippen molar-refractivity contribution in [3.05, 3.63) is 53.7 Å². The molecule has 0 spiro atoms. The number of anilines is 1. The molecule has 2 rings (SSSR count). The van der Waals surface area contributed by atoms with E-state index in [4.69, 9.17) is 0 Å². The van der Waals surface area contributed by atoms with Crippen LogP contribution < -0.4 is 10.2 Å². The van der Waals surface area contributed by atoms with E-state index in [9.17, 15) is 4.39 Å². The standard InChI is InChI=1S/C15H19FN4/c1-3-17-8-14-9-19-15(10-18-14)20(2)11-12-5-4-6-13(16)7-12/h4-7,9-10,17H,3,8,11H2,1-2H3. The molecule has 0 radical (unpaired) electrons. The predicted molar refractivity (Wildman–Crippen MR) is 77.9 cm³/mol. The van der Waals surface area contributed by atoms with Crippen molar-refractivity contribution in [3.8, 4) is 0 Å². The fraction of sp³-hybridized carbons (Fsp3) is 0.333. The number of rotatable bonds is 6. The van der Waals surface area contributed by atoms with E-state index >= 15 is 0 Å². The molecule has 0 aliphatic heterocycles. The minimum absolute atomic E-state index is 0.219. The first kappa shape index (κ1) is 14.4. The average molecular weight is 274 g/mol. The third kappa shape index (κ3) is 3.99. The van der Waals surface area contributed by atoms with Gasteiger partial charge in [-0.3, -0.25) is 4.98 Å². The molecular formula is C15H19FN4. The van der Waals surface area contributed by atoms with Crippen molar-refractivity contribution in [2.75, 3.05) is 18.5 Å². The Morgan fingerprint density at radius 2 is 2.10 bits per heavy atom. The Bertz CT molecular complexity index is 542. The van der Waals surface area contributed by atoms with Gasteiger partial charge in [0.1, 0.15) is 11.6 Å². The molecule has 1 heterocycles. The molecule has 0 saturated heterocycles. The van der Waals surface area contributed by atoms with Crippen LogP contribution in [0.2, 0.25) is 0 Å². The molecule has 1 aromatic heterocycles. The van der Waals surface area contributed by atoms with Gasteiger partial charge >= 0.3 is 0 Å². The van der Waals surface area contributed by atoms with Gasteiger partial charge in [0.05, 0.1) is 18.1 Å². The van der Waals surface area contributed by atoms with Crippen LogP contribution in [0, 0.1) is 5.82 Å². The highest BCUT2D eigenvalue weighted by Crippen LogP contribution is 2.12. The summed E-state index contributed by atoms with van der Waals surface area (Å²) in [6.07, 6.45) is 3.51. The van der Waals surface area contributed by atoms with Crippen LogP contribution in [0.25, 0.3) is 0 Å². The van der Waals surface area contributed by atoms with Crippen LogP contribution in [-0.2, 0) is 13.1 Å². The number of benzene rings is 1. The summed E-state index contributed by atoms with van der Waals surface area (Å²) in [5, 5.41) is 3.20. The second-order valence-electron chi connectivity index (χ2n) is 4.63. The molecule has 5 heteroatoms. The Morgan fingerprint density at radius 1 is 1.25 bits per heavy atom. The second-order valence-corrected chi connectivity index (χ2v) is 4.63. The normalized spacial score (nSPS) is 10.6. The molecule has 20 heavy (non-hydrogen) atoms. The molecule has 0 amide bonds. The third-order valence-electron chi connectivity index (χ3n) is 2.95. The van der Waals surface area contributed by atoms with E-state index in [0.29, 0.717) is 6.54 Å². The maximum atomic E-state index is 13.1. The van der Waals surface area contributed by atoms with E-state index in [-0.39, 0.29) is 5.82 Å². The van der Waals surface area contributed by atoms with E-state index < -0.39 is 0 Å². The van der Waals surface area contributed by atoms with Crippen LogP contribution in [0.5, 0.6) is 0 Å². The van der Waals surface area contributed by atoms with Crippen LogP contribution >= 0.6 is 0 Å². The Labute approximate surface area is 118 Å². The SMILES string of the molecule is CCNCc1cnc(N(C)Cc2cccc(F)c2)cn1. The molecule has 0 aliphatic carbocycles. The highest BCUT2D eigenvalue weighted by Gasteiger charge is 2.05. The highest BCUT2D eigenvalue weighted by atomic mass is 19.1. The lowest BCUT2D eigenvalue weighted by molar-refractivity contribution is 0.625. The van der Waals surface area contributed by atoms with Gasteiger partial charge in [-0.1, -0.05) is 19.1 Å². The van der Waals surface area contributed by atoms with Crippen molar-refractivity contribution in [1.82, 2.24) is 15.3 Å². The number of hydrogen-bond acceptors (Lipinski definition) is 4. The molecule has 1 aromatic carbocycles. The van der Waals surface area contributed by atoms with Crippen molar-refractivity contribution in [1.29, 1.82) is 0 Å². The first-order valence-electron chi connectivity index (χ1n) is 6.66. The summed E-state index contributed by atoms with van der Waals surface area (Å²) >= 11 is 0. The van der Waals surface area contributed by atoms with Gasteiger partial charge in [0.2, 0.25) is 0 Å². The lowest BCUT2D eigenvalue weighted by Crippen LogP contribution is -2.19.